The normalized spacial score (nSPS) is 10.3. The van der Waals surface area contributed by atoms with E-state index in [1.165, 1.54) is 0 Å². The molecule has 0 heterocycles. The molecule has 0 saturated heterocycles. The predicted molar refractivity (Wildman–Crippen MR) is 29.1 cm³/mol. The van der Waals surface area contributed by atoms with Gasteiger partial charge in [0.15, 0.2) is 0 Å². The van der Waals surface area contributed by atoms with Gasteiger partial charge in [-0.15, -0.1) is 0 Å². The van der Waals surface area contributed by atoms with Gasteiger partial charge in [0.2, 0.25) is 0 Å². The second-order valence-corrected chi connectivity index (χ2v) is 1.07. The molecule has 2 radical (unpaired) electrons. The van der Waals surface area contributed by atoms with Crippen molar-refractivity contribution >= 4 is 0 Å². The molecule has 6 heavy (non-hydrogen) atoms. The molecular formula is C6H10. The largest absolute Gasteiger partial charge is 0.0879 e. The van der Waals surface area contributed by atoms with Crippen LogP contribution in [0.1, 0.15) is 13.3 Å². The molecule has 0 rings (SSSR count). The number of allylic oxidation sites excluding steroid dienone is 2. The van der Waals surface area contributed by atoms with Gasteiger partial charge >= 0.3 is 0 Å². The number of unbranched alkanes of at least 4 members (excludes halogenated alkanes) is 1. The minimum Gasteiger partial charge on any atom is -0.0879 e. The van der Waals surface area contributed by atoms with Crippen molar-refractivity contribution in [3.05, 3.63) is 25.5 Å². The van der Waals surface area contributed by atoms with Crippen molar-refractivity contribution in [3.63, 3.8) is 0 Å². The topological polar surface area (TPSA) is 0 Å². The summed E-state index contributed by atoms with van der Waals surface area (Å²) in [5.74, 6) is 0. The van der Waals surface area contributed by atoms with Crippen LogP contribution in [0.4, 0.5) is 0 Å². The molecule has 0 nitrogen and oxygen atoms in total. The van der Waals surface area contributed by atoms with Crippen LogP contribution in [0.25, 0.3) is 0 Å². The number of hydrogen-bond acceptors (Lipinski definition) is 0. The molecule has 0 heteroatoms. The van der Waals surface area contributed by atoms with E-state index >= 15 is 0 Å². The van der Waals surface area contributed by atoms with Crippen molar-refractivity contribution in [1.82, 2.24) is 0 Å². The molecule has 0 spiro atoms. The molecule has 0 N–H and O–H groups in total. The maximum Gasteiger partial charge on any atom is -0.0173 e. The van der Waals surface area contributed by atoms with Crippen LogP contribution in [0.3, 0.4) is 0 Å². The zero-order valence-corrected chi connectivity index (χ0v) is 4.15. The Labute approximate surface area is 39.9 Å². The highest BCUT2D eigenvalue weighted by Crippen LogP contribution is 1.83. The molecule has 0 unspecified atom stereocenters. The lowest BCUT2D eigenvalue weighted by atomic mass is 10.3. The quantitative estimate of drug-likeness (QED) is 0.478. The van der Waals surface area contributed by atoms with Gasteiger partial charge in [-0.2, -0.15) is 0 Å². The second-order valence-electron chi connectivity index (χ2n) is 1.07. The van der Waals surface area contributed by atoms with Gasteiger partial charge in [0.25, 0.3) is 0 Å². The first-order valence-electron chi connectivity index (χ1n) is 2.19. The summed E-state index contributed by atoms with van der Waals surface area (Å²) in [6.07, 6.45) is 6.89. The molecular weight excluding hydrogens is 72.1 g/mol. The van der Waals surface area contributed by atoms with Crippen molar-refractivity contribution in [2.45, 2.75) is 13.3 Å². The average molecular weight is 82.1 g/mol. The lowest BCUT2D eigenvalue weighted by Gasteiger charge is -1.75. The van der Waals surface area contributed by atoms with Crippen molar-refractivity contribution in [3.8, 4) is 0 Å². The first-order chi connectivity index (χ1) is 2.91. The first kappa shape index (κ1) is 5.74. The summed E-state index contributed by atoms with van der Waals surface area (Å²) in [7, 11) is 0. The lowest BCUT2D eigenvalue weighted by molar-refractivity contribution is 1.15. The summed E-state index contributed by atoms with van der Waals surface area (Å²) >= 11 is 0. The Balaban J connectivity index is 2.66. The van der Waals surface area contributed by atoms with E-state index in [1.807, 2.05) is 6.08 Å². The van der Waals surface area contributed by atoms with Gasteiger partial charge in [-0.3, -0.25) is 0 Å². The monoisotopic (exact) mass is 82.1 g/mol. The Bertz CT molecular complexity index is 35.3. The number of hydrogen-bond donors (Lipinski definition) is 0. The van der Waals surface area contributed by atoms with Crippen LogP contribution in [0.5, 0.6) is 0 Å². The van der Waals surface area contributed by atoms with Gasteiger partial charge in [-0.25, -0.2) is 0 Å². The molecule has 0 aromatic carbocycles. The smallest absolute Gasteiger partial charge is 0.0173 e. The molecule has 34 valence electrons. The average Bonchev–Trinajstić information content (AvgIpc) is 1.61. The van der Waals surface area contributed by atoms with Gasteiger partial charge in [-0.1, -0.05) is 19.1 Å². The molecule has 0 fully saturated rings. The molecule has 0 bridgehead atoms. The van der Waals surface area contributed by atoms with Crippen molar-refractivity contribution < 1.29 is 0 Å². The van der Waals surface area contributed by atoms with E-state index in [4.69, 9.17) is 0 Å². The van der Waals surface area contributed by atoms with Crippen LogP contribution < -0.4 is 0 Å². The second kappa shape index (κ2) is 4.74. The number of rotatable bonds is 2. The van der Waals surface area contributed by atoms with E-state index in [-0.39, 0.29) is 0 Å². The molecule has 0 aromatic heterocycles. The zero-order valence-electron chi connectivity index (χ0n) is 4.15. The van der Waals surface area contributed by atoms with Gasteiger partial charge in [0, 0.05) is 0 Å². The molecule has 0 saturated carbocycles. The van der Waals surface area contributed by atoms with E-state index < -0.39 is 0 Å². The van der Waals surface area contributed by atoms with Gasteiger partial charge in [0.05, 0.1) is 0 Å². The van der Waals surface area contributed by atoms with Crippen molar-refractivity contribution in [2.75, 3.05) is 0 Å². The SMILES string of the molecule is [CH2]/C=C/[CH]CC. The summed E-state index contributed by atoms with van der Waals surface area (Å²) in [5, 5.41) is 0. The summed E-state index contributed by atoms with van der Waals surface area (Å²) in [5.41, 5.74) is 0. The Kier molecular flexibility index (Phi) is 4.53. The highest BCUT2D eigenvalue weighted by atomic mass is 13.7. The fourth-order valence-electron chi connectivity index (χ4n) is 0.232. The van der Waals surface area contributed by atoms with Crippen LogP contribution in [-0.2, 0) is 0 Å². The Morgan fingerprint density at radius 1 is 1.67 bits per heavy atom. The third-order valence-electron chi connectivity index (χ3n) is 0.508. The Morgan fingerprint density at radius 3 is 2.50 bits per heavy atom. The van der Waals surface area contributed by atoms with E-state index in [9.17, 15) is 0 Å². The fourth-order valence-corrected chi connectivity index (χ4v) is 0.232. The molecule has 0 aliphatic rings. The molecule has 0 atom stereocenters. The summed E-state index contributed by atoms with van der Waals surface area (Å²) in [6, 6.07) is 0. The van der Waals surface area contributed by atoms with E-state index in [2.05, 4.69) is 20.3 Å². The van der Waals surface area contributed by atoms with Crippen molar-refractivity contribution in [2.24, 2.45) is 0 Å². The Morgan fingerprint density at radius 2 is 2.33 bits per heavy atom. The summed E-state index contributed by atoms with van der Waals surface area (Å²) in [4.78, 5) is 0. The van der Waals surface area contributed by atoms with Gasteiger partial charge < -0.3 is 0 Å². The van der Waals surface area contributed by atoms with Crippen LogP contribution >= 0.6 is 0 Å². The highest BCUT2D eigenvalue weighted by Gasteiger charge is 1.65. The molecule has 0 aliphatic heterocycles. The minimum absolute atomic E-state index is 1.10. The van der Waals surface area contributed by atoms with Gasteiger partial charge in [0.1, 0.15) is 0 Å². The maximum absolute atomic E-state index is 3.51. The van der Waals surface area contributed by atoms with E-state index in [0.29, 0.717) is 0 Å². The minimum atomic E-state index is 1.10. The Hall–Kier alpha value is -0.260. The van der Waals surface area contributed by atoms with Crippen LogP contribution in [0.15, 0.2) is 12.2 Å². The van der Waals surface area contributed by atoms with Gasteiger partial charge in [-0.05, 0) is 19.8 Å². The molecule has 0 amide bonds. The predicted octanol–water partition coefficient (Wildman–Crippen LogP) is 1.99. The molecule has 0 aromatic rings. The fraction of sp³-hybridized carbons (Fsp3) is 0.333. The third kappa shape index (κ3) is 3.74. The summed E-state index contributed by atoms with van der Waals surface area (Å²) in [6.45, 7) is 5.61. The highest BCUT2D eigenvalue weighted by molar-refractivity contribution is 4.94. The van der Waals surface area contributed by atoms with Crippen LogP contribution in [0.2, 0.25) is 0 Å². The first-order valence-corrected chi connectivity index (χ1v) is 2.19. The maximum atomic E-state index is 3.51. The van der Waals surface area contributed by atoms with Crippen LogP contribution in [-0.4, -0.2) is 0 Å². The van der Waals surface area contributed by atoms with Crippen LogP contribution in [0, 0.1) is 13.3 Å². The van der Waals surface area contributed by atoms with E-state index in [0.717, 1.165) is 6.42 Å². The molecule has 0 aliphatic carbocycles. The third-order valence-corrected chi connectivity index (χ3v) is 0.508. The summed E-state index contributed by atoms with van der Waals surface area (Å²) < 4.78 is 0. The zero-order chi connectivity index (χ0) is 4.83. The van der Waals surface area contributed by atoms with Crippen molar-refractivity contribution in [1.29, 1.82) is 0 Å². The van der Waals surface area contributed by atoms with E-state index in [1.54, 1.807) is 6.08 Å². The standard InChI is InChI=1S/C6H10/c1-3-5-6-4-2/h3,5-6H,1,4H2,2H3/b5-3+. The lowest BCUT2D eigenvalue weighted by Crippen LogP contribution is -1.57.